The summed E-state index contributed by atoms with van der Waals surface area (Å²) in [6.45, 7) is 12.9. The summed E-state index contributed by atoms with van der Waals surface area (Å²) in [6, 6.07) is 11.5. The normalized spacial score (nSPS) is 21.4. The SMILES string of the molecule is CC(C)C1CNCCN1C(C)(C)CCc1ccccc1. The standard InChI is InChI=1S/C18H30N2/c1-15(2)17-14-19-12-13-20(17)18(3,4)11-10-16-8-6-5-7-9-16/h5-9,15,17,19H,10-14H2,1-4H3. The summed E-state index contributed by atoms with van der Waals surface area (Å²) in [5.41, 5.74) is 1.73. The average molecular weight is 274 g/mol. The lowest BCUT2D eigenvalue weighted by Gasteiger charge is -2.48. The van der Waals surface area contributed by atoms with Crippen molar-refractivity contribution in [2.75, 3.05) is 19.6 Å². The summed E-state index contributed by atoms with van der Waals surface area (Å²) in [5.74, 6) is 0.707. The van der Waals surface area contributed by atoms with Crippen LogP contribution in [-0.2, 0) is 6.42 Å². The monoisotopic (exact) mass is 274 g/mol. The van der Waals surface area contributed by atoms with E-state index in [1.54, 1.807) is 0 Å². The van der Waals surface area contributed by atoms with E-state index >= 15 is 0 Å². The number of rotatable bonds is 5. The topological polar surface area (TPSA) is 15.3 Å². The van der Waals surface area contributed by atoms with Crippen LogP contribution in [-0.4, -0.2) is 36.1 Å². The van der Waals surface area contributed by atoms with E-state index in [1.165, 1.54) is 24.9 Å². The molecule has 2 heteroatoms. The fourth-order valence-electron chi connectivity index (χ4n) is 3.31. The highest BCUT2D eigenvalue weighted by Crippen LogP contribution is 2.27. The first kappa shape index (κ1) is 15.5. The molecule has 1 atom stereocenters. The molecule has 1 unspecified atom stereocenters. The molecule has 0 radical (unpaired) electrons. The highest BCUT2D eigenvalue weighted by atomic mass is 15.3. The van der Waals surface area contributed by atoms with Crippen LogP contribution in [0, 0.1) is 5.92 Å². The van der Waals surface area contributed by atoms with E-state index in [0.29, 0.717) is 12.0 Å². The zero-order chi connectivity index (χ0) is 14.6. The molecule has 1 aromatic rings. The van der Waals surface area contributed by atoms with Crippen LogP contribution >= 0.6 is 0 Å². The van der Waals surface area contributed by atoms with Gasteiger partial charge in [0.1, 0.15) is 0 Å². The minimum Gasteiger partial charge on any atom is -0.314 e. The van der Waals surface area contributed by atoms with Gasteiger partial charge in [-0.25, -0.2) is 0 Å². The van der Waals surface area contributed by atoms with E-state index in [4.69, 9.17) is 0 Å². The lowest BCUT2D eigenvalue weighted by atomic mass is 9.88. The van der Waals surface area contributed by atoms with Crippen LogP contribution in [0.4, 0.5) is 0 Å². The molecule has 1 aliphatic heterocycles. The number of hydrogen-bond donors (Lipinski definition) is 1. The number of aryl methyl sites for hydroxylation is 1. The Kier molecular flexibility index (Phi) is 5.22. The van der Waals surface area contributed by atoms with Crippen molar-refractivity contribution in [3.8, 4) is 0 Å². The predicted octanol–water partition coefficient (Wildman–Crippen LogP) is 3.33. The van der Waals surface area contributed by atoms with Crippen molar-refractivity contribution in [2.24, 2.45) is 5.92 Å². The van der Waals surface area contributed by atoms with Gasteiger partial charge >= 0.3 is 0 Å². The molecule has 1 saturated heterocycles. The second-order valence-electron chi connectivity index (χ2n) is 7.01. The second-order valence-corrected chi connectivity index (χ2v) is 7.01. The lowest BCUT2D eigenvalue weighted by molar-refractivity contribution is 0.0221. The van der Waals surface area contributed by atoms with Crippen LogP contribution in [0.1, 0.15) is 39.7 Å². The van der Waals surface area contributed by atoms with Crippen molar-refractivity contribution in [2.45, 2.75) is 52.1 Å². The number of benzene rings is 1. The largest absolute Gasteiger partial charge is 0.314 e. The molecule has 2 rings (SSSR count). The molecule has 0 aromatic heterocycles. The molecule has 1 N–H and O–H groups in total. The summed E-state index contributed by atoms with van der Waals surface area (Å²) in [6.07, 6.45) is 2.39. The number of nitrogens with zero attached hydrogens (tertiary/aromatic N) is 1. The molecule has 1 fully saturated rings. The maximum Gasteiger partial charge on any atom is 0.0249 e. The third-order valence-electron chi connectivity index (χ3n) is 4.70. The Morgan fingerprint density at radius 3 is 2.60 bits per heavy atom. The average Bonchev–Trinajstić information content (AvgIpc) is 2.46. The second kappa shape index (κ2) is 6.73. The summed E-state index contributed by atoms with van der Waals surface area (Å²) < 4.78 is 0. The maximum atomic E-state index is 3.55. The molecular formula is C18H30N2. The summed E-state index contributed by atoms with van der Waals surface area (Å²) >= 11 is 0. The van der Waals surface area contributed by atoms with Crippen LogP contribution in [0.25, 0.3) is 0 Å². The zero-order valence-corrected chi connectivity index (χ0v) is 13.5. The van der Waals surface area contributed by atoms with E-state index in [2.05, 4.69) is 68.2 Å². The fraction of sp³-hybridized carbons (Fsp3) is 0.667. The Morgan fingerprint density at radius 2 is 1.95 bits per heavy atom. The molecule has 0 spiro atoms. The third kappa shape index (κ3) is 3.83. The molecule has 1 aliphatic rings. The van der Waals surface area contributed by atoms with Crippen LogP contribution in [0.5, 0.6) is 0 Å². The smallest absolute Gasteiger partial charge is 0.0249 e. The van der Waals surface area contributed by atoms with E-state index in [1.807, 2.05) is 0 Å². The van der Waals surface area contributed by atoms with Gasteiger partial charge < -0.3 is 5.32 Å². The molecule has 1 heterocycles. The fourth-order valence-corrected chi connectivity index (χ4v) is 3.31. The van der Waals surface area contributed by atoms with Gasteiger partial charge in [0.05, 0.1) is 0 Å². The zero-order valence-electron chi connectivity index (χ0n) is 13.5. The van der Waals surface area contributed by atoms with Gasteiger partial charge in [-0.2, -0.15) is 0 Å². The van der Waals surface area contributed by atoms with Crippen molar-refractivity contribution < 1.29 is 0 Å². The number of nitrogens with one attached hydrogen (secondary N) is 1. The van der Waals surface area contributed by atoms with Gasteiger partial charge in [0.2, 0.25) is 0 Å². The predicted molar refractivity (Wildman–Crippen MR) is 87.0 cm³/mol. The highest BCUT2D eigenvalue weighted by molar-refractivity contribution is 5.15. The van der Waals surface area contributed by atoms with Gasteiger partial charge in [0.15, 0.2) is 0 Å². The molecule has 20 heavy (non-hydrogen) atoms. The van der Waals surface area contributed by atoms with Crippen LogP contribution in [0.2, 0.25) is 0 Å². The molecule has 0 bridgehead atoms. The van der Waals surface area contributed by atoms with Crippen LogP contribution < -0.4 is 5.32 Å². The van der Waals surface area contributed by atoms with Crippen molar-refractivity contribution in [1.29, 1.82) is 0 Å². The van der Waals surface area contributed by atoms with Crippen LogP contribution in [0.15, 0.2) is 30.3 Å². The number of piperazine rings is 1. The molecule has 112 valence electrons. The van der Waals surface area contributed by atoms with Crippen molar-refractivity contribution in [3.63, 3.8) is 0 Å². The van der Waals surface area contributed by atoms with Crippen molar-refractivity contribution in [1.82, 2.24) is 10.2 Å². The van der Waals surface area contributed by atoms with Gasteiger partial charge in [0.25, 0.3) is 0 Å². The van der Waals surface area contributed by atoms with Gasteiger partial charge in [-0.05, 0) is 38.2 Å². The Hall–Kier alpha value is -0.860. The first-order valence-electron chi connectivity index (χ1n) is 8.02. The Labute approximate surface area is 124 Å². The van der Waals surface area contributed by atoms with Gasteiger partial charge in [0, 0.05) is 31.2 Å². The number of hydrogen-bond acceptors (Lipinski definition) is 2. The third-order valence-corrected chi connectivity index (χ3v) is 4.70. The van der Waals surface area contributed by atoms with E-state index in [9.17, 15) is 0 Å². The van der Waals surface area contributed by atoms with E-state index in [-0.39, 0.29) is 5.54 Å². The van der Waals surface area contributed by atoms with Crippen molar-refractivity contribution >= 4 is 0 Å². The molecule has 0 amide bonds. The minimum atomic E-state index is 0.271. The Morgan fingerprint density at radius 1 is 1.25 bits per heavy atom. The molecule has 0 aliphatic carbocycles. The first-order valence-corrected chi connectivity index (χ1v) is 8.02. The minimum absolute atomic E-state index is 0.271. The summed E-state index contributed by atoms with van der Waals surface area (Å²) in [4.78, 5) is 2.73. The van der Waals surface area contributed by atoms with Crippen LogP contribution in [0.3, 0.4) is 0 Å². The summed E-state index contributed by atoms with van der Waals surface area (Å²) in [5, 5.41) is 3.55. The molecule has 0 saturated carbocycles. The van der Waals surface area contributed by atoms with Gasteiger partial charge in [-0.15, -0.1) is 0 Å². The van der Waals surface area contributed by atoms with Gasteiger partial charge in [-0.1, -0.05) is 44.2 Å². The quantitative estimate of drug-likeness (QED) is 0.886. The Bertz CT molecular complexity index is 397. The molecule has 2 nitrogen and oxygen atoms in total. The molecule has 1 aromatic carbocycles. The first-order chi connectivity index (χ1) is 9.50. The maximum absolute atomic E-state index is 3.55. The lowest BCUT2D eigenvalue weighted by Crippen LogP contribution is -2.61. The molecular weight excluding hydrogens is 244 g/mol. The van der Waals surface area contributed by atoms with E-state index in [0.717, 1.165) is 13.1 Å². The summed E-state index contributed by atoms with van der Waals surface area (Å²) in [7, 11) is 0. The van der Waals surface area contributed by atoms with E-state index < -0.39 is 0 Å². The Balaban J connectivity index is 2.00. The highest BCUT2D eigenvalue weighted by Gasteiger charge is 2.35. The van der Waals surface area contributed by atoms with Gasteiger partial charge in [-0.3, -0.25) is 4.90 Å². The van der Waals surface area contributed by atoms with Crippen molar-refractivity contribution in [3.05, 3.63) is 35.9 Å².